The number of nitrogen functional groups attached to an aromatic ring is 1. The average Bonchev–Trinajstić information content (AvgIpc) is 2.45. The monoisotopic (exact) mass is 270 g/mol. The fourth-order valence-electron chi connectivity index (χ4n) is 1.77. The summed E-state index contributed by atoms with van der Waals surface area (Å²) in [5.41, 5.74) is 9.42. The van der Waals surface area contributed by atoms with Crippen molar-refractivity contribution in [3.63, 3.8) is 0 Å². The molecule has 0 heterocycles. The Bertz CT molecular complexity index is 623. The lowest BCUT2D eigenvalue weighted by molar-refractivity contribution is 0.282. The van der Waals surface area contributed by atoms with Crippen LogP contribution in [0, 0.1) is 0 Å². The number of benzene rings is 2. The van der Waals surface area contributed by atoms with Gasteiger partial charge in [-0.25, -0.2) is 0 Å². The van der Waals surface area contributed by atoms with Crippen molar-refractivity contribution in [2.75, 3.05) is 24.7 Å². The molecule has 0 atom stereocenters. The second kappa shape index (κ2) is 6.16. The van der Waals surface area contributed by atoms with Gasteiger partial charge in [-0.15, -0.1) is 0 Å². The lowest BCUT2D eigenvalue weighted by Gasteiger charge is -2.14. The predicted octanol–water partition coefficient (Wildman–Crippen LogP) is 3.24. The van der Waals surface area contributed by atoms with Crippen molar-refractivity contribution < 1.29 is 5.11 Å². The summed E-state index contributed by atoms with van der Waals surface area (Å²) in [6, 6.07) is 12.9. The molecule has 0 aliphatic rings. The number of azo groups is 1. The van der Waals surface area contributed by atoms with E-state index in [-0.39, 0.29) is 6.61 Å². The highest BCUT2D eigenvalue weighted by Crippen LogP contribution is 2.27. The second-order valence-corrected chi connectivity index (χ2v) is 4.66. The van der Waals surface area contributed by atoms with Gasteiger partial charge in [-0.3, -0.25) is 0 Å². The van der Waals surface area contributed by atoms with Crippen molar-refractivity contribution in [1.29, 1.82) is 0 Å². The summed E-state index contributed by atoms with van der Waals surface area (Å²) < 4.78 is 0. The van der Waals surface area contributed by atoms with Crippen molar-refractivity contribution >= 4 is 22.7 Å². The quantitative estimate of drug-likeness (QED) is 0.661. The molecule has 0 saturated heterocycles. The van der Waals surface area contributed by atoms with Crippen molar-refractivity contribution in [2.45, 2.75) is 6.61 Å². The molecule has 2 aromatic carbocycles. The Morgan fingerprint density at radius 1 is 1.10 bits per heavy atom. The molecule has 5 heteroatoms. The van der Waals surface area contributed by atoms with Gasteiger partial charge in [0.2, 0.25) is 0 Å². The van der Waals surface area contributed by atoms with Crippen molar-refractivity contribution in [3.8, 4) is 0 Å². The van der Waals surface area contributed by atoms with Gasteiger partial charge in [0.25, 0.3) is 0 Å². The van der Waals surface area contributed by atoms with Gasteiger partial charge in [-0.05, 0) is 36.4 Å². The van der Waals surface area contributed by atoms with Crippen molar-refractivity contribution in [3.05, 3.63) is 48.0 Å². The first-order chi connectivity index (χ1) is 9.60. The molecule has 0 unspecified atom stereocenters. The summed E-state index contributed by atoms with van der Waals surface area (Å²) in [4.78, 5) is 1.97. The third kappa shape index (κ3) is 3.33. The molecule has 0 saturated carbocycles. The molecule has 5 nitrogen and oxygen atoms in total. The zero-order valence-electron chi connectivity index (χ0n) is 11.6. The molecule has 2 rings (SSSR count). The number of nitrogens with zero attached hydrogens (tertiary/aromatic N) is 3. The molecule has 20 heavy (non-hydrogen) atoms. The highest BCUT2D eigenvalue weighted by Gasteiger charge is 2.04. The highest BCUT2D eigenvalue weighted by molar-refractivity contribution is 5.57. The number of hydrogen-bond donors (Lipinski definition) is 2. The van der Waals surface area contributed by atoms with Crippen LogP contribution >= 0.6 is 0 Å². The summed E-state index contributed by atoms with van der Waals surface area (Å²) in [5, 5.41) is 17.7. The molecular formula is C15H18N4O. The van der Waals surface area contributed by atoms with Crippen LogP contribution in [0.1, 0.15) is 5.56 Å². The van der Waals surface area contributed by atoms with Gasteiger partial charge in [0.1, 0.15) is 0 Å². The summed E-state index contributed by atoms with van der Waals surface area (Å²) in [6.45, 7) is -0.0764. The molecule has 3 N–H and O–H groups in total. The summed E-state index contributed by atoms with van der Waals surface area (Å²) in [5.74, 6) is 0. The third-order valence-corrected chi connectivity index (χ3v) is 2.89. The van der Waals surface area contributed by atoms with Gasteiger partial charge >= 0.3 is 0 Å². The molecule has 0 fully saturated rings. The average molecular weight is 270 g/mol. The molecule has 0 aliphatic carbocycles. The Labute approximate surface area is 118 Å². The molecule has 104 valence electrons. The zero-order valence-corrected chi connectivity index (χ0v) is 11.6. The maximum atomic E-state index is 9.43. The van der Waals surface area contributed by atoms with Crippen molar-refractivity contribution in [2.24, 2.45) is 10.2 Å². The van der Waals surface area contributed by atoms with E-state index in [1.165, 1.54) is 0 Å². The van der Waals surface area contributed by atoms with Crippen LogP contribution in [-0.4, -0.2) is 19.2 Å². The van der Waals surface area contributed by atoms with Crippen LogP contribution in [0.25, 0.3) is 0 Å². The number of anilines is 2. The van der Waals surface area contributed by atoms with Crippen molar-refractivity contribution in [1.82, 2.24) is 0 Å². The van der Waals surface area contributed by atoms with Crippen LogP contribution in [0.4, 0.5) is 22.7 Å². The maximum absolute atomic E-state index is 9.43. The van der Waals surface area contributed by atoms with E-state index in [1.807, 2.05) is 49.3 Å². The minimum absolute atomic E-state index is 0.0764. The van der Waals surface area contributed by atoms with Gasteiger partial charge < -0.3 is 15.7 Å². The SMILES string of the molecule is CN(C)c1ccc(/N=N/c2cccc(N)c2)c(CO)c1. The van der Waals surface area contributed by atoms with E-state index in [2.05, 4.69) is 10.2 Å². The van der Waals surface area contributed by atoms with E-state index in [9.17, 15) is 5.11 Å². The largest absolute Gasteiger partial charge is 0.399 e. The first-order valence-electron chi connectivity index (χ1n) is 6.28. The lowest BCUT2D eigenvalue weighted by Crippen LogP contribution is -2.08. The van der Waals surface area contributed by atoms with E-state index in [0.29, 0.717) is 17.1 Å². The topological polar surface area (TPSA) is 74.2 Å². The minimum Gasteiger partial charge on any atom is -0.399 e. The van der Waals surface area contributed by atoms with E-state index < -0.39 is 0 Å². The number of nitrogens with two attached hydrogens (primary N) is 1. The Morgan fingerprint density at radius 2 is 1.90 bits per heavy atom. The molecule has 0 aliphatic heterocycles. The highest BCUT2D eigenvalue weighted by atomic mass is 16.3. The number of aliphatic hydroxyl groups excluding tert-OH is 1. The van der Waals surface area contributed by atoms with Crippen LogP contribution in [-0.2, 0) is 6.61 Å². The molecule has 0 bridgehead atoms. The molecule has 0 aromatic heterocycles. The zero-order chi connectivity index (χ0) is 14.5. The first kappa shape index (κ1) is 14.0. The number of aliphatic hydroxyl groups is 1. The fourth-order valence-corrected chi connectivity index (χ4v) is 1.77. The van der Waals surface area contributed by atoms with E-state index >= 15 is 0 Å². The molecule has 2 aromatic rings. The van der Waals surface area contributed by atoms with E-state index in [0.717, 1.165) is 11.3 Å². The van der Waals surface area contributed by atoms with E-state index in [1.54, 1.807) is 12.1 Å². The number of hydrogen-bond acceptors (Lipinski definition) is 5. The molecule has 0 spiro atoms. The standard InChI is InChI=1S/C15H18N4O/c1-19(2)14-6-7-15(11(8-14)10-20)18-17-13-5-3-4-12(16)9-13/h3-9,20H,10,16H2,1-2H3/b18-17+. The summed E-state index contributed by atoms with van der Waals surface area (Å²) in [7, 11) is 3.90. The van der Waals surface area contributed by atoms with Crippen LogP contribution in [0.3, 0.4) is 0 Å². The lowest BCUT2D eigenvalue weighted by atomic mass is 10.1. The Kier molecular flexibility index (Phi) is 4.32. The van der Waals surface area contributed by atoms with Crippen LogP contribution in [0.2, 0.25) is 0 Å². The first-order valence-corrected chi connectivity index (χ1v) is 6.28. The predicted molar refractivity (Wildman–Crippen MR) is 81.7 cm³/mol. The van der Waals surface area contributed by atoms with Crippen LogP contribution in [0.5, 0.6) is 0 Å². The normalized spacial score (nSPS) is 10.9. The van der Waals surface area contributed by atoms with Gasteiger partial charge in [0.05, 0.1) is 18.0 Å². The molecular weight excluding hydrogens is 252 g/mol. The van der Waals surface area contributed by atoms with Gasteiger partial charge in [-0.1, -0.05) is 6.07 Å². The third-order valence-electron chi connectivity index (χ3n) is 2.89. The van der Waals surface area contributed by atoms with Crippen LogP contribution < -0.4 is 10.6 Å². The minimum atomic E-state index is -0.0764. The molecule has 0 radical (unpaired) electrons. The smallest absolute Gasteiger partial charge is 0.0913 e. The van der Waals surface area contributed by atoms with E-state index in [4.69, 9.17) is 5.73 Å². The second-order valence-electron chi connectivity index (χ2n) is 4.66. The molecule has 0 amide bonds. The Balaban J connectivity index is 2.29. The summed E-state index contributed by atoms with van der Waals surface area (Å²) in [6.07, 6.45) is 0. The fraction of sp³-hybridized carbons (Fsp3) is 0.200. The number of rotatable bonds is 4. The summed E-state index contributed by atoms with van der Waals surface area (Å²) >= 11 is 0. The Hall–Kier alpha value is -2.40. The maximum Gasteiger partial charge on any atom is 0.0913 e. The van der Waals surface area contributed by atoms with Gasteiger partial charge in [0, 0.05) is 31.0 Å². The van der Waals surface area contributed by atoms with Gasteiger partial charge in [-0.2, -0.15) is 10.2 Å². The Morgan fingerprint density at radius 3 is 2.55 bits per heavy atom. The van der Waals surface area contributed by atoms with Gasteiger partial charge in [0.15, 0.2) is 0 Å². The van der Waals surface area contributed by atoms with Crippen LogP contribution in [0.15, 0.2) is 52.7 Å².